The maximum absolute atomic E-state index is 13.7. The van der Waals surface area contributed by atoms with Gasteiger partial charge in [-0.2, -0.15) is 64.0 Å². The van der Waals surface area contributed by atoms with Crippen LogP contribution in [-0.2, 0) is 60.7 Å². The van der Waals surface area contributed by atoms with Gasteiger partial charge in [-0.05, 0) is 134 Å². The first-order valence-corrected chi connectivity index (χ1v) is 32.2. The average molecular weight is 1330 g/mol. The molecule has 0 radical (unpaired) electrons. The van der Waals surface area contributed by atoms with Crippen molar-refractivity contribution in [3.8, 4) is 0 Å². The van der Waals surface area contributed by atoms with Gasteiger partial charge in [0.25, 0.3) is 84.3 Å². The Morgan fingerprint density at radius 2 is 0.632 bits per heavy atom. The highest BCUT2D eigenvalue weighted by Crippen LogP contribution is 2.39. The predicted molar refractivity (Wildman–Crippen MR) is 317 cm³/mol. The van der Waals surface area contributed by atoms with Crippen LogP contribution in [0.15, 0.2) is 163 Å². The normalized spacial score (nSPS) is 12.1. The lowest BCUT2D eigenvalue weighted by Crippen LogP contribution is -2.21. The molecular formula is C51H42N6O23S7. The summed E-state index contributed by atoms with van der Waals surface area (Å²) in [6.07, 6.45) is 0. The molecule has 8 aromatic rings. The molecule has 8 rings (SSSR count). The minimum atomic E-state index is -5.45. The van der Waals surface area contributed by atoms with Crippen molar-refractivity contribution in [2.24, 2.45) is 0 Å². The second kappa shape index (κ2) is 24.2. The SMILES string of the molecule is Cc1ccc(C(=O)Nc2ccc(S(=O)(=O)O)c3cc(S(=O)(=O)O)cc(S(=O)(=O)O)c23)cc1NC(=O)c1cccc(NC(=O)Nc2cccc(C(=O)Nc3cc(C(=O)Nc4ccc(S(=O)(=O)O)c5cc(S(=O)(=O)O)cc(S(=O)(=O)O)c45)ccc3C)c2)c1.S. The molecule has 6 amide bonds. The fraction of sp³-hybridized carbons (Fsp3) is 0.0392. The van der Waals surface area contributed by atoms with E-state index in [1.54, 1.807) is 13.8 Å². The van der Waals surface area contributed by atoms with E-state index >= 15 is 0 Å². The highest BCUT2D eigenvalue weighted by Gasteiger charge is 2.30. The van der Waals surface area contributed by atoms with Gasteiger partial charge in [-0.15, -0.1) is 0 Å². The molecule has 0 saturated carbocycles. The van der Waals surface area contributed by atoms with Crippen LogP contribution in [0.5, 0.6) is 0 Å². The van der Waals surface area contributed by atoms with Crippen molar-refractivity contribution < 1.29 is 102 Å². The number of fused-ring (bicyclic) bond motifs is 2. The maximum atomic E-state index is 13.7. The monoisotopic (exact) mass is 1330 g/mol. The standard InChI is InChI=1S/C51H40N6O23S6.H2S/c1-25-9-11-29(49(60)54-37-13-15-41(83(69,70)71)35-21-33(81(63,64)65)23-43(45(35)37)85(75,76)77)19-39(25)56-47(58)27-5-3-7-31(17-27)52-51(62)53-32-8-4-6-28(18-32)48(59)57-40-20-30(12-10-26(40)2)50(61)55-38-14-16-42(84(72,73)74)36-22-34(82(66,67)68)24-44(46(36)38)86(78,79)80;/h3-24H,1-2H3,(H,54,60)(H,55,61)(H,56,58)(H,57,59)(H2,52,53,62)(H,63,64,65)(H,66,67,68)(H,69,70,71)(H,72,73,74)(H,75,76,77)(H,78,79,80);1H2. The summed E-state index contributed by atoms with van der Waals surface area (Å²) in [5.74, 6) is -3.56. The number of rotatable bonds is 16. The summed E-state index contributed by atoms with van der Waals surface area (Å²) in [5, 5.41) is 11.8. The van der Waals surface area contributed by atoms with Crippen LogP contribution >= 0.6 is 13.5 Å². The zero-order valence-electron chi connectivity index (χ0n) is 43.8. The van der Waals surface area contributed by atoms with E-state index in [0.29, 0.717) is 47.5 Å². The molecule has 0 bridgehead atoms. The third-order valence-electron chi connectivity index (χ3n) is 12.5. The smallest absolute Gasteiger partial charge is 0.322 e. The van der Waals surface area contributed by atoms with E-state index < -0.39 is 153 Å². The molecule has 8 aromatic carbocycles. The molecule has 0 saturated heterocycles. The van der Waals surface area contributed by atoms with Crippen molar-refractivity contribution in [2.45, 2.75) is 43.2 Å². The van der Waals surface area contributed by atoms with Gasteiger partial charge in [-0.1, -0.05) is 24.3 Å². The summed E-state index contributed by atoms with van der Waals surface area (Å²) in [4.78, 5) is 60.8. The highest BCUT2D eigenvalue weighted by molar-refractivity contribution is 7.88. The van der Waals surface area contributed by atoms with Crippen LogP contribution in [0, 0.1) is 13.8 Å². The summed E-state index contributed by atoms with van der Waals surface area (Å²) in [5.41, 5.74) is -0.385. The van der Waals surface area contributed by atoms with Crippen molar-refractivity contribution in [3.63, 3.8) is 0 Å². The van der Waals surface area contributed by atoms with Gasteiger partial charge in [-0.3, -0.25) is 46.5 Å². The Hall–Kier alpha value is -8.76. The summed E-state index contributed by atoms with van der Waals surface area (Å²) in [6.45, 7) is 3.12. The first-order chi connectivity index (χ1) is 39.8. The first kappa shape index (κ1) is 65.8. The van der Waals surface area contributed by atoms with Gasteiger partial charge in [-0.25, -0.2) is 4.79 Å². The van der Waals surface area contributed by atoms with Gasteiger partial charge in [0.05, 0.1) is 21.2 Å². The number of hydrogen-bond acceptors (Lipinski definition) is 17. The van der Waals surface area contributed by atoms with Crippen molar-refractivity contribution in [3.05, 3.63) is 167 Å². The van der Waals surface area contributed by atoms with Gasteiger partial charge in [0.1, 0.15) is 19.6 Å². The molecule has 0 spiro atoms. The Bertz CT molecular complexity index is 4710. The fourth-order valence-electron chi connectivity index (χ4n) is 8.50. The van der Waals surface area contributed by atoms with Crippen LogP contribution in [0.2, 0.25) is 0 Å². The largest absolute Gasteiger partial charge is 0.323 e. The van der Waals surface area contributed by atoms with E-state index in [0.717, 1.165) is 12.1 Å². The summed E-state index contributed by atoms with van der Waals surface area (Å²) in [6, 6.07) is 22.6. The van der Waals surface area contributed by atoms with Crippen molar-refractivity contribution in [2.75, 3.05) is 31.9 Å². The van der Waals surface area contributed by atoms with Crippen LogP contribution < -0.4 is 31.9 Å². The molecule has 0 aliphatic heterocycles. The minimum absolute atomic E-state index is 0. The number of benzene rings is 8. The number of aryl methyl sites for hydroxylation is 2. The Morgan fingerprint density at radius 3 is 0.943 bits per heavy atom. The number of amides is 6. The summed E-state index contributed by atoms with van der Waals surface area (Å²) < 4.78 is 206. The Balaban J connectivity index is 0.0000108. The van der Waals surface area contributed by atoms with E-state index in [1.165, 1.54) is 84.9 Å². The van der Waals surface area contributed by atoms with Crippen LogP contribution in [-0.4, -0.2) is 107 Å². The number of anilines is 6. The van der Waals surface area contributed by atoms with Gasteiger partial charge < -0.3 is 31.9 Å². The van der Waals surface area contributed by atoms with Crippen LogP contribution in [0.4, 0.5) is 38.9 Å². The molecule has 36 heteroatoms. The highest BCUT2D eigenvalue weighted by atomic mass is 32.2. The second-order valence-electron chi connectivity index (χ2n) is 18.4. The maximum Gasteiger partial charge on any atom is 0.323 e. The molecule has 0 atom stereocenters. The lowest BCUT2D eigenvalue weighted by atomic mass is 10.1. The third kappa shape index (κ3) is 14.9. The first-order valence-electron chi connectivity index (χ1n) is 23.6. The van der Waals surface area contributed by atoms with Crippen LogP contribution in [0.1, 0.15) is 52.6 Å². The second-order valence-corrected chi connectivity index (χ2v) is 26.8. The average Bonchev–Trinajstić information content (AvgIpc) is 0.808. The molecule has 0 aliphatic carbocycles. The van der Waals surface area contributed by atoms with E-state index in [2.05, 4.69) is 31.9 Å². The van der Waals surface area contributed by atoms with Gasteiger partial charge >= 0.3 is 6.03 Å². The van der Waals surface area contributed by atoms with Gasteiger partial charge in [0.2, 0.25) is 0 Å². The molecule has 0 aromatic heterocycles. The summed E-state index contributed by atoms with van der Waals surface area (Å²) in [7, 11) is -31.9. The van der Waals surface area contributed by atoms with E-state index in [9.17, 15) is 102 Å². The number of nitrogens with one attached hydrogen (secondary N) is 6. The van der Waals surface area contributed by atoms with Gasteiger partial charge in [0.15, 0.2) is 0 Å². The Morgan fingerprint density at radius 1 is 0.322 bits per heavy atom. The predicted octanol–water partition coefficient (Wildman–Crippen LogP) is 6.86. The quantitative estimate of drug-likeness (QED) is 0.0440. The molecule has 12 N–H and O–H groups in total. The lowest BCUT2D eigenvalue weighted by molar-refractivity contribution is 0.101. The topological polar surface area (TPSA) is 484 Å². The molecule has 87 heavy (non-hydrogen) atoms. The zero-order valence-corrected chi connectivity index (χ0v) is 49.7. The van der Waals surface area contributed by atoms with Crippen molar-refractivity contribution in [1.82, 2.24) is 0 Å². The summed E-state index contributed by atoms with van der Waals surface area (Å²) >= 11 is 0. The van der Waals surface area contributed by atoms with Gasteiger partial charge in [0, 0.05) is 66.5 Å². The molecule has 0 aliphatic rings. The van der Waals surface area contributed by atoms with Crippen LogP contribution in [0.25, 0.3) is 21.5 Å². The molecule has 29 nitrogen and oxygen atoms in total. The molecule has 0 fully saturated rings. The molecule has 456 valence electrons. The van der Waals surface area contributed by atoms with Crippen molar-refractivity contribution >= 4 is 160 Å². The lowest BCUT2D eigenvalue weighted by Gasteiger charge is -2.16. The Labute approximate surface area is 500 Å². The number of urea groups is 1. The van der Waals surface area contributed by atoms with Crippen LogP contribution in [0.3, 0.4) is 0 Å². The minimum Gasteiger partial charge on any atom is -0.322 e. The Kier molecular flexibility index (Phi) is 18.3. The fourth-order valence-corrected chi connectivity index (χ4v) is 12.6. The number of carbonyl (C=O) groups excluding carboxylic acids is 5. The zero-order chi connectivity index (χ0) is 63.4. The molecule has 0 heterocycles. The van der Waals surface area contributed by atoms with E-state index in [-0.39, 0.29) is 58.5 Å². The van der Waals surface area contributed by atoms with E-state index in [4.69, 9.17) is 0 Å². The third-order valence-corrected chi connectivity index (χ3v) is 17.7. The molecular weight excluding hydrogens is 1290 g/mol. The number of carbonyl (C=O) groups is 5. The number of hydrogen-bond donors (Lipinski definition) is 12. The molecule has 0 unspecified atom stereocenters. The van der Waals surface area contributed by atoms with E-state index in [1.807, 2.05) is 0 Å². The van der Waals surface area contributed by atoms with Crippen molar-refractivity contribution in [1.29, 1.82) is 0 Å².